The van der Waals surface area contributed by atoms with Crippen LogP contribution >= 0.6 is 0 Å². The Morgan fingerprint density at radius 3 is 2.48 bits per heavy atom. The molecule has 0 bridgehead atoms. The first-order chi connectivity index (χ1) is 11.1. The van der Waals surface area contributed by atoms with Crippen molar-refractivity contribution in [3.05, 3.63) is 76.3 Å². The summed E-state index contributed by atoms with van der Waals surface area (Å²) in [6, 6.07) is 16.7. The fourth-order valence-electron chi connectivity index (χ4n) is 2.55. The normalized spacial score (nSPS) is 10.8. The number of rotatable bonds is 5. The van der Waals surface area contributed by atoms with Crippen molar-refractivity contribution in [1.29, 1.82) is 0 Å². The molecule has 0 amide bonds. The number of carboxylic acids is 1. The summed E-state index contributed by atoms with van der Waals surface area (Å²) in [5.41, 5.74) is 1.44. The van der Waals surface area contributed by atoms with E-state index < -0.39 is 5.97 Å². The van der Waals surface area contributed by atoms with Crippen molar-refractivity contribution < 1.29 is 9.90 Å². The maximum atomic E-state index is 12.8. The van der Waals surface area contributed by atoms with Gasteiger partial charge in [0, 0.05) is 6.42 Å². The van der Waals surface area contributed by atoms with E-state index in [1.54, 1.807) is 22.8 Å². The third kappa shape index (κ3) is 3.29. The zero-order chi connectivity index (χ0) is 16.2. The largest absolute Gasteiger partial charge is 0.481 e. The SMILES string of the molecule is O=C(O)CCc1nc2ccccc2c(=O)n1Cc1ccccc1. The van der Waals surface area contributed by atoms with Gasteiger partial charge in [0.15, 0.2) is 0 Å². The number of nitrogens with zero attached hydrogens (tertiary/aromatic N) is 2. The molecule has 3 aromatic rings. The molecule has 2 aromatic carbocycles. The number of benzene rings is 2. The first kappa shape index (κ1) is 15.0. The molecule has 0 aliphatic carbocycles. The predicted octanol–water partition coefficient (Wildman–Crippen LogP) is 2.46. The van der Waals surface area contributed by atoms with Crippen LogP contribution < -0.4 is 5.56 Å². The first-order valence-electron chi connectivity index (χ1n) is 7.39. The van der Waals surface area contributed by atoms with Crippen molar-refractivity contribution in [3.63, 3.8) is 0 Å². The van der Waals surface area contributed by atoms with Gasteiger partial charge < -0.3 is 5.11 Å². The van der Waals surface area contributed by atoms with Gasteiger partial charge in [-0.1, -0.05) is 42.5 Å². The minimum atomic E-state index is -0.904. The van der Waals surface area contributed by atoms with E-state index in [0.717, 1.165) is 5.56 Å². The van der Waals surface area contributed by atoms with E-state index in [9.17, 15) is 9.59 Å². The molecule has 0 aliphatic heterocycles. The summed E-state index contributed by atoms with van der Waals surface area (Å²) in [5, 5.41) is 9.47. The van der Waals surface area contributed by atoms with Crippen LogP contribution in [-0.2, 0) is 17.8 Å². The lowest BCUT2D eigenvalue weighted by Crippen LogP contribution is -2.26. The average molecular weight is 308 g/mol. The van der Waals surface area contributed by atoms with Gasteiger partial charge in [-0.15, -0.1) is 0 Å². The van der Waals surface area contributed by atoms with E-state index in [4.69, 9.17) is 5.11 Å². The van der Waals surface area contributed by atoms with Crippen molar-refractivity contribution in [3.8, 4) is 0 Å². The Labute approximate surface area is 132 Å². The molecule has 23 heavy (non-hydrogen) atoms. The number of aryl methyl sites for hydroxylation is 1. The number of para-hydroxylation sites is 1. The molecule has 0 fully saturated rings. The summed E-state index contributed by atoms with van der Waals surface area (Å²) in [6.07, 6.45) is 0.168. The van der Waals surface area contributed by atoms with Gasteiger partial charge in [-0.2, -0.15) is 0 Å². The van der Waals surface area contributed by atoms with Gasteiger partial charge in [-0.3, -0.25) is 14.2 Å². The Hall–Kier alpha value is -2.95. The smallest absolute Gasteiger partial charge is 0.303 e. The van der Waals surface area contributed by atoms with Crippen LogP contribution in [0.25, 0.3) is 10.9 Å². The number of aromatic nitrogens is 2. The fourth-order valence-corrected chi connectivity index (χ4v) is 2.55. The summed E-state index contributed by atoms with van der Waals surface area (Å²) in [6.45, 7) is 0.381. The van der Waals surface area contributed by atoms with Gasteiger partial charge in [-0.25, -0.2) is 4.98 Å². The molecule has 0 saturated carbocycles. The van der Waals surface area contributed by atoms with E-state index in [2.05, 4.69) is 4.98 Å². The molecule has 0 unspecified atom stereocenters. The number of carbonyl (C=O) groups is 1. The van der Waals surface area contributed by atoms with E-state index in [1.807, 2.05) is 36.4 Å². The van der Waals surface area contributed by atoms with Gasteiger partial charge in [0.1, 0.15) is 5.82 Å². The number of aliphatic carboxylic acids is 1. The highest BCUT2D eigenvalue weighted by atomic mass is 16.4. The molecule has 3 rings (SSSR count). The second kappa shape index (κ2) is 6.44. The van der Waals surface area contributed by atoms with E-state index in [-0.39, 0.29) is 18.4 Å². The van der Waals surface area contributed by atoms with Crippen LogP contribution in [0.15, 0.2) is 59.4 Å². The Morgan fingerprint density at radius 2 is 1.74 bits per heavy atom. The highest BCUT2D eigenvalue weighted by Gasteiger charge is 2.12. The van der Waals surface area contributed by atoms with Gasteiger partial charge in [0.25, 0.3) is 5.56 Å². The number of hydrogen-bond donors (Lipinski definition) is 1. The van der Waals surface area contributed by atoms with Crippen molar-refractivity contribution in [2.75, 3.05) is 0 Å². The van der Waals surface area contributed by atoms with Crippen LogP contribution in [0, 0.1) is 0 Å². The lowest BCUT2D eigenvalue weighted by atomic mass is 10.2. The number of hydrogen-bond acceptors (Lipinski definition) is 3. The average Bonchev–Trinajstić information content (AvgIpc) is 2.57. The second-order valence-corrected chi connectivity index (χ2v) is 5.32. The van der Waals surface area contributed by atoms with Gasteiger partial charge in [0.05, 0.1) is 23.9 Å². The van der Waals surface area contributed by atoms with Crippen LogP contribution in [0.4, 0.5) is 0 Å². The molecule has 5 nitrogen and oxygen atoms in total. The lowest BCUT2D eigenvalue weighted by Gasteiger charge is -2.13. The molecular weight excluding hydrogens is 292 g/mol. The molecule has 1 heterocycles. The van der Waals surface area contributed by atoms with Crippen molar-refractivity contribution >= 4 is 16.9 Å². The van der Waals surface area contributed by atoms with E-state index >= 15 is 0 Å². The molecule has 5 heteroatoms. The van der Waals surface area contributed by atoms with Crippen molar-refractivity contribution in [2.24, 2.45) is 0 Å². The van der Waals surface area contributed by atoms with Crippen molar-refractivity contribution in [2.45, 2.75) is 19.4 Å². The zero-order valence-corrected chi connectivity index (χ0v) is 12.5. The summed E-state index contributed by atoms with van der Waals surface area (Å²) >= 11 is 0. The molecule has 1 aromatic heterocycles. The van der Waals surface area contributed by atoms with Crippen LogP contribution in [0.2, 0.25) is 0 Å². The van der Waals surface area contributed by atoms with E-state index in [0.29, 0.717) is 23.3 Å². The summed E-state index contributed by atoms with van der Waals surface area (Å²) in [5.74, 6) is -0.404. The van der Waals surface area contributed by atoms with Gasteiger partial charge in [-0.05, 0) is 17.7 Å². The Balaban J connectivity index is 2.11. The molecule has 1 N–H and O–H groups in total. The standard InChI is InChI=1S/C18H16N2O3/c21-17(22)11-10-16-19-15-9-5-4-8-14(15)18(23)20(16)12-13-6-2-1-3-7-13/h1-9H,10-12H2,(H,21,22). The molecule has 116 valence electrons. The molecular formula is C18H16N2O3. The monoisotopic (exact) mass is 308 g/mol. The minimum absolute atomic E-state index is 0.0560. The van der Waals surface area contributed by atoms with Gasteiger partial charge in [0.2, 0.25) is 0 Å². The molecule has 0 spiro atoms. The third-order valence-electron chi connectivity index (χ3n) is 3.69. The number of carboxylic acid groups (broad SMARTS) is 1. The third-order valence-corrected chi connectivity index (χ3v) is 3.69. The van der Waals surface area contributed by atoms with Crippen LogP contribution in [-0.4, -0.2) is 20.6 Å². The Bertz CT molecular complexity index is 901. The molecule has 0 atom stereocenters. The lowest BCUT2D eigenvalue weighted by molar-refractivity contribution is -0.137. The van der Waals surface area contributed by atoms with Gasteiger partial charge >= 0.3 is 5.97 Å². The quantitative estimate of drug-likeness (QED) is 0.786. The summed E-state index contributed by atoms with van der Waals surface area (Å²) in [7, 11) is 0. The van der Waals surface area contributed by atoms with Crippen LogP contribution in [0.1, 0.15) is 17.8 Å². The van der Waals surface area contributed by atoms with Crippen LogP contribution in [0.5, 0.6) is 0 Å². The van der Waals surface area contributed by atoms with Crippen LogP contribution in [0.3, 0.4) is 0 Å². The highest BCUT2D eigenvalue weighted by molar-refractivity contribution is 5.77. The first-order valence-corrected chi connectivity index (χ1v) is 7.39. The molecule has 0 saturated heterocycles. The maximum Gasteiger partial charge on any atom is 0.303 e. The Morgan fingerprint density at radius 1 is 1.04 bits per heavy atom. The zero-order valence-electron chi connectivity index (χ0n) is 12.5. The second-order valence-electron chi connectivity index (χ2n) is 5.32. The number of fused-ring (bicyclic) bond motifs is 1. The molecule has 0 aliphatic rings. The summed E-state index contributed by atoms with van der Waals surface area (Å²) in [4.78, 5) is 28.2. The van der Waals surface area contributed by atoms with E-state index in [1.165, 1.54) is 0 Å². The fraction of sp³-hybridized carbons (Fsp3) is 0.167. The Kier molecular flexibility index (Phi) is 4.19. The summed E-state index contributed by atoms with van der Waals surface area (Å²) < 4.78 is 1.57. The highest BCUT2D eigenvalue weighted by Crippen LogP contribution is 2.11. The maximum absolute atomic E-state index is 12.8. The minimum Gasteiger partial charge on any atom is -0.481 e. The molecule has 0 radical (unpaired) electrons. The predicted molar refractivity (Wildman–Crippen MR) is 87.5 cm³/mol. The topological polar surface area (TPSA) is 72.2 Å². The van der Waals surface area contributed by atoms with Crippen molar-refractivity contribution in [1.82, 2.24) is 9.55 Å².